The zero-order valence-electron chi connectivity index (χ0n) is 19.1. The highest BCUT2D eigenvalue weighted by molar-refractivity contribution is 5.94. The Morgan fingerprint density at radius 2 is 1.89 bits per heavy atom. The summed E-state index contributed by atoms with van der Waals surface area (Å²) in [6, 6.07) is 12.3. The number of ether oxygens (including phenoxy) is 1. The molecule has 12 nitrogen and oxygen atoms in total. The summed E-state index contributed by atoms with van der Waals surface area (Å²) in [5.74, 6) is 2.18. The summed E-state index contributed by atoms with van der Waals surface area (Å²) in [4.78, 5) is 29.3. The third kappa shape index (κ3) is 4.02. The molecule has 0 aliphatic heterocycles. The van der Waals surface area contributed by atoms with Gasteiger partial charge >= 0.3 is 0 Å². The first-order valence-corrected chi connectivity index (χ1v) is 10.5. The van der Waals surface area contributed by atoms with Gasteiger partial charge in [0.2, 0.25) is 5.82 Å². The molecule has 5 aromatic rings. The Morgan fingerprint density at radius 1 is 1.06 bits per heavy atom. The largest absolute Gasteiger partial charge is 0.494 e. The number of anilines is 4. The van der Waals surface area contributed by atoms with Gasteiger partial charge in [0.1, 0.15) is 17.5 Å². The van der Waals surface area contributed by atoms with Crippen LogP contribution in [0.15, 0.2) is 53.6 Å². The van der Waals surface area contributed by atoms with Crippen LogP contribution in [-0.4, -0.2) is 41.6 Å². The van der Waals surface area contributed by atoms with Gasteiger partial charge in [-0.2, -0.15) is 5.10 Å². The van der Waals surface area contributed by atoms with E-state index in [-0.39, 0.29) is 11.4 Å². The number of methoxy groups -OCH3 is 1. The van der Waals surface area contributed by atoms with E-state index < -0.39 is 0 Å². The standard InChI is InChI=1S/C23H20N10O2/c1-24-16-9-6-10-17(27-16)28-18-11-15(19-22(29-18)31-33(3)23(19)34)26-14-8-5-7-13(20(14)35-4)21-25-12-32(2)30-21/h5-12H,2-4H3,(H3,26,27,28,29,31). The maximum Gasteiger partial charge on any atom is 0.277 e. The van der Waals surface area contributed by atoms with Crippen molar-refractivity contribution in [2.24, 2.45) is 14.1 Å². The molecule has 0 bridgehead atoms. The third-order valence-corrected chi connectivity index (χ3v) is 5.25. The maximum atomic E-state index is 12.9. The SMILES string of the molecule is [C-]#[N+]c1cccc(Nc2cc(Nc3cccc(-c4ncn(C)n4)c3OC)c3c(=O)n(C)[nH]c3n2)n1. The second-order valence-corrected chi connectivity index (χ2v) is 7.63. The minimum atomic E-state index is -0.240. The number of hydrogen-bond acceptors (Lipinski definition) is 8. The molecule has 1 aromatic carbocycles. The van der Waals surface area contributed by atoms with Crippen molar-refractivity contribution in [1.82, 2.24) is 34.5 Å². The van der Waals surface area contributed by atoms with Crippen molar-refractivity contribution in [2.75, 3.05) is 17.7 Å². The first-order valence-electron chi connectivity index (χ1n) is 10.5. The number of aryl methyl sites for hydroxylation is 2. The predicted octanol–water partition coefficient (Wildman–Crippen LogP) is 3.50. The van der Waals surface area contributed by atoms with Crippen LogP contribution in [0.5, 0.6) is 5.75 Å². The fraction of sp³-hybridized carbons (Fsp3) is 0.130. The van der Waals surface area contributed by atoms with Gasteiger partial charge in [-0.3, -0.25) is 19.3 Å². The van der Waals surface area contributed by atoms with Gasteiger partial charge in [-0.1, -0.05) is 18.7 Å². The Morgan fingerprint density at radius 3 is 2.63 bits per heavy atom. The highest BCUT2D eigenvalue weighted by Crippen LogP contribution is 2.37. The fourth-order valence-corrected chi connectivity index (χ4v) is 3.71. The molecule has 4 aromatic heterocycles. The monoisotopic (exact) mass is 468 g/mol. The molecule has 4 heterocycles. The Hall–Kier alpha value is -5.18. The van der Waals surface area contributed by atoms with E-state index in [0.29, 0.717) is 51.2 Å². The minimum absolute atomic E-state index is 0.240. The molecule has 0 radical (unpaired) electrons. The van der Waals surface area contributed by atoms with E-state index in [2.05, 4.69) is 40.6 Å². The van der Waals surface area contributed by atoms with Gasteiger partial charge < -0.3 is 20.2 Å². The van der Waals surface area contributed by atoms with E-state index in [4.69, 9.17) is 11.3 Å². The number of para-hydroxylation sites is 1. The van der Waals surface area contributed by atoms with Gasteiger partial charge in [0, 0.05) is 26.2 Å². The van der Waals surface area contributed by atoms with Gasteiger partial charge in [-0.05, 0) is 18.2 Å². The molecule has 0 amide bonds. The molecule has 12 heteroatoms. The zero-order valence-corrected chi connectivity index (χ0v) is 19.1. The van der Waals surface area contributed by atoms with E-state index in [0.717, 1.165) is 0 Å². The lowest BCUT2D eigenvalue weighted by molar-refractivity contribution is 0.418. The molecule has 3 N–H and O–H groups in total. The Labute approximate surface area is 199 Å². The molecule has 0 fully saturated rings. The number of nitrogens with zero attached hydrogens (tertiary/aromatic N) is 7. The summed E-state index contributed by atoms with van der Waals surface area (Å²) in [6.45, 7) is 7.18. The summed E-state index contributed by atoms with van der Waals surface area (Å²) in [7, 11) is 4.97. The molecule has 5 rings (SSSR count). The van der Waals surface area contributed by atoms with Gasteiger partial charge in [-0.15, -0.1) is 4.98 Å². The quantitative estimate of drug-likeness (QED) is 0.323. The maximum absolute atomic E-state index is 12.9. The molecule has 0 aliphatic rings. The van der Waals surface area contributed by atoms with Crippen LogP contribution in [0.1, 0.15) is 0 Å². The van der Waals surface area contributed by atoms with Crippen molar-refractivity contribution in [3.8, 4) is 17.1 Å². The molecule has 0 atom stereocenters. The highest BCUT2D eigenvalue weighted by Gasteiger charge is 2.18. The van der Waals surface area contributed by atoms with Crippen LogP contribution >= 0.6 is 0 Å². The van der Waals surface area contributed by atoms with E-state index >= 15 is 0 Å². The van der Waals surface area contributed by atoms with Gasteiger partial charge in [-0.25, -0.2) is 9.97 Å². The summed E-state index contributed by atoms with van der Waals surface area (Å²) in [5.41, 5.74) is 1.96. The molecular formula is C23H20N10O2. The number of hydrogen-bond donors (Lipinski definition) is 3. The molecule has 0 saturated carbocycles. The van der Waals surface area contributed by atoms with Crippen LogP contribution in [0.25, 0.3) is 27.3 Å². The number of fused-ring (bicyclic) bond motifs is 1. The Bertz CT molecular complexity index is 1660. The van der Waals surface area contributed by atoms with Crippen LogP contribution in [0.4, 0.5) is 28.8 Å². The summed E-state index contributed by atoms with van der Waals surface area (Å²) < 4.78 is 8.67. The number of pyridine rings is 2. The number of aromatic amines is 1. The van der Waals surface area contributed by atoms with Crippen LogP contribution in [0.2, 0.25) is 0 Å². The Kier molecular flexibility index (Phi) is 5.34. The van der Waals surface area contributed by atoms with E-state index in [1.807, 2.05) is 18.2 Å². The second-order valence-electron chi connectivity index (χ2n) is 7.63. The number of nitrogens with one attached hydrogen (secondary N) is 3. The first-order chi connectivity index (χ1) is 17.0. The average Bonchev–Trinajstić information content (AvgIpc) is 3.41. The van der Waals surface area contributed by atoms with Crippen LogP contribution in [0, 0.1) is 6.57 Å². The summed E-state index contributed by atoms with van der Waals surface area (Å²) in [5, 5.41) is 14.1. The van der Waals surface area contributed by atoms with E-state index in [9.17, 15) is 4.79 Å². The van der Waals surface area contributed by atoms with Gasteiger partial charge in [0.25, 0.3) is 11.4 Å². The molecule has 35 heavy (non-hydrogen) atoms. The van der Waals surface area contributed by atoms with Crippen molar-refractivity contribution in [1.29, 1.82) is 0 Å². The van der Waals surface area contributed by atoms with Crippen molar-refractivity contribution in [3.63, 3.8) is 0 Å². The number of rotatable bonds is 6. The Balaban J connectivity index is 1.61. The van der Waals surface area contributed by atoms with E-state index in [1.54, 1.807) is 56.5 Å². The van der Waals surface area contributed by atoms with Gasteiger partial charge in [0.15, 0.2) is 17.2 Å². The minimum Gasteiger partial charge on any atom is -0.494 e. The van der Waals surface area contributed by atoms with E-state index in [1.165, 1.54) is 4.68 Å². The molecule has 0 aliphatic carbocycles. The highest BCUT2D eigenvalue weighted by atomic mass is 16.5. The number of H-pyrrole nitrogens is 1. The molecule has 0 spiro atoms. The van der Waals surface area contributed by atoms with Crippen LogP contribution in [-0.2, 0) is 14.1 Å². The van der Waals surface area contributed by atoms with Gasteiger partial charge in [0.05, 0.1) is 24.0 Å². The summed E-state index contributed by atoms with van der Waals surface area (Å²) in [6.07, 6.45) is 1.61. The molecule has 174 valence electrons. The van der Waals surface area contributed by atoms with Crippen LogP contribution < -0.4 is 20.9 Å². The lowest BCUT2D eigenvalue weighted by Gasteiger charge is -2.15. The van der Waals surface area contributed by atoms with Crippen LogP contribution in [0.3, 0.4) is 0 Å². The smallest absolute Gasteiger partial charge is 0.277 e. The van der Waals surface area contributed by atoms with Crippen molar-refractivity contribution in [2.45, 2.75) is 0 Å². The second kappa shape index (κ2) is 8.64. The zero-order chi connectivity index (χ0) is 24.5. The first kappa shape index (κ1) is 21.7. The average molecular weight is 468 g/mol. The lowest BCUT2D eigenvalue weighted by Crippen LogP contribution is -2.12. The molecule has 0 saturated heterocycles. The molecule has 0 unspecified atom stereocenters. The molecular weight excluding hydrogens is 448 g/mol. The number of aromatic nitrogens is 7. The summed E-state index contributed by atoms with van der Waals surface area (Å²) >= 11 is 0. The van der Waals surface area contributed by atoms with Crippen molar-refractivity contribution >= 4 is 39.9 Å². The van der Waals surface area contributed by atoms with Crippen molar-refractivity contribution in [3.05, 3.63) is 70.6 Å². The number of benzene rings is 1. The topological polar surface area (TPSA) is 132 Å². The third-order valence-electron chi connectivity index (χ3n) is 5.25. The van der Waals surface area contributed by atoms with Crippen molar-refractivity contribution < 1.29 is 4.74 Å². The predicted molar refractivity (Wildman–Crippen MR) is 131 cm³/mol. The normalized spacial score (nSPS) is 10.8. The lowest BCUT2D eigenvalue weighted by atomic mass is 10.1. The fourth-order valence-electron chi connectivity index (χ4n) is 3.71.